The zero-order chi connectivity index (χ0) is 20.3. The van der Waals surface area contributed by atoms with Crippen LogP contribution in [0.1, 0.15) is 28.8 Å². The van der Waals surface area contributed by atoms with Crippen LogP contribution in [-0.2, 0) is 22.6 Å². The number of carbonyl (C=O) groups is 2. The number of hydrogen-bond acceptors (Lipinski definition) is 6. The number of amides is 2. The van der Waals surface area contributed by atoms with E-state index in [9.17, 15) is 14.4 Å². The third-order valence-electron chi connectivity index (χ3n) is 4.05. The molecule has 0 atom stereocenters. The number of H-pyrrole nitrogens is 1. The Morgan fingerprint density at radius 3 is 2.71 bits per heavy atom. The van der Waals surface area contributed by atoms with Gasteiger partial charge in [-0.2, -0.15) is 9.78 Å². The maximum Gasteiger partial charge on any atom is 0.314 e. The van der Waals surface area contributed by atoms with Crippen LogP contribution >= 0.6 is 11.3 Å². The number of carbonyl (C=O) groups excluding carboxylic acids is 2. The van der Waals surface area contributed by atoms with E-state index >= 15 is 0 Å². The molecule has 0 aliphatic rings. The Bertz CT molecular complexity index is 1070. The number of aromatic nitrogens is 4. The van der Waals surface area contributed by atoms with Crippen molar-refractivity contribution in [2.75, 3.05) is 5.32 Å². The second-order valence-corrected chi connectivity index (χ2v) is 7.14. The third-order valence-corrected chi connectivity index (χ3v) is 4.92. The summed E-state index contributed by atoms with van der Waals surface area (Å²) >= 11 is 1.49. The van der Waals surface area contributed by atoms with E-state index < -0.39 is 11.8 Å². The Balaban J connectivity index is 1.79. The van der Waals surface area contributed by atoms with E-state index in [1.165, 1.54) is 16.0 Å². The summed E-state index contributed by atoms with van der Waals surface area (Å²) in [4.78, 5) is 44.5. The van der Waals surface area contributed by atoms with E-state index in [0.717, 1.165) is 4.88 Å². The number of hydrogen-bond donors (Lipinski definition) is 3. The molecule has 9 nitrogen and oxygen atoms in total. The molecule has 3 heterocycles. The molecular formula is C18H20N6O3S. The molecule has 0 aliphatic carbocycles. The maximum atomic E-state index is 12.2. The second-order valence-electron chi connectivity index (χ2n) is 6.11. The van der Waals surface area contributed by atoms with Crippen LogP contribution in [0.2, 0.25) is 0 Å². The van der Waals surface area contributed by atoms with Gasteiger partial charge in [-0.3, -0.25) is 19.4 Å². The van der Waals surface area contributed by atoms with Gasteiger partial charge in [0.25, 0.3) is 5.56 Å². The van der Waals surface area contributed by atoms with Crippen LogP contribution in [0.15, 0.2) is 28.4 Å². The first-order valence-electron chi connectivity index (χ1n) is 8.67. The van der Waals surface area contributed by atoms with E-state index in [-0.39, 0.29) is 23.9 Å². The van der Waals surface area contributed by atoms with Crippen LogP contribution in [0.4, 0.5) is 5.82 Å². The first kappa shape index (κ1) is 19.5. The smallest absolute Gasteiger partial charge is 0.314 e. The van der Waals surface area contributed by atoms with Gasteiger partial charge in [0.1, 0.15) is 5.82 Å². The summed E-state index contributed by atoms with van der Waals surface area (Å²) < 4.78 is 1.30. The molecule has 0 spiro atoms. The Kier molecular flexibility index (Phi) is 5.69. The summed E-state index contributed by atoms with van der Waals surface area (Å²) in [5.41, 5.74) is 1.50. The van der Waals surface area contributed by atoms with Crippen LogP contribution < -0.4 is 16.2 Å². The van der Waals surface area contributed by atoms with Gasteiger partial charge in [0.2, 0.25) is 5.95 Å². The molecule has 3 aromatic rings. The molecule has 3 N–H and O–H groups in total. The third kappa shape index (κ3) is 4.17. The summed E-state index contributed by atoms with van der Waals surface area (Å²) in [7, 11) is 0. The highest BCUT2D eigenvalue weighted by atomic mass is 32.1. The maximum absolute atomic E-state index is 12.2. The van der Waals surface area contributed by atoms with E-state index in [0.29, 0.717) is 23.4 Å². The van der Waals surface area contributed by atoms with Gasteiger partial charge in [0.05, 0.1) is 12.2 Å². The average Bonchev–Trinajstić information content (AvgIpc) is 3.29. The predicted octanol–water partition coefficient (Wildman–Crippen LogP) is 1.45. The van der Waals surface area contributed by atoms with E-state index in [4.69, 9.17) is 0 Å². The molecular weight excluding hydrogens is 380 g/mol. The number of aryl methyl sites for hydroxylation is 2. The highest BCUT2D eigenvalue weighted by Gasteiger charge is 2.19. The van der Waals surface area contributed by atoms with Crippen LogP contribution in [0.25, 0.3) is 5.95 Å². The highest BCUT2D eigenvalue weighted by molar-refractivity contribution is 7.09. The zero-order valence-electron chi connectivity index (χ0n) is 15.7. The topological polar surface area (TPSA) is 122 Å². The first-order chi connectivity index (χ1) is 13.4. The number of anilines is 1. The fourth-order valence-corrected chi connectivity index (χ4v) is 3.34. The lowest BCUT2D eigenvalue weighted by molar-refractivity contribution is -0.136. The van der Waals surface area contributed by atoms with Gasteiger partial charge in [-0.25, -0.2) is 4.98 Å². The molecule has 0 saturated carbocycles. The molecule has 0 aliphatic heterocycles. The predicted molar refractivity (Wildman–Crippen MR) is 106 cm³/mol. The number of rotatable bonds is 5. The van der Waals surface area contributed by atoms with Gasteiger partial charge in [-0.1, -0.05) is 13.0 Å². The molecule has 10 heteroatoms. The average molecular weight is 400 g/mol. The molecule has 2 amide bonds. The van der Waals surface area contributed by atoms with E-state index in [2.05, 4.69) is 25.7 Å². The second kappa shape index (κ2) is 8.17. The lowest BCUT2D eigenvalue weighted by atomic mass is 10.2. The van der Waals surface area contributed by atoms with E-state index in [1.807, 2.05) is 24.4 Å². The highest BCUT2D eigenvalue weighted by Crippen LogP contribution is 2.15. The van der Waals surface area contributed by atoms with Crippen molar-refractivity contribution in [3.63, 3.8) is 0 Å². The number of nitrogens with one attached hydrogen (secondary N) is 3. The number of thiophene rings is 1. The molecule has 0 unspecified atom stereocenters. The molecule has 0 saturated heterocycles. The van der Waals surface area contributed by atoms with Crippen LogP contribution in [0.3, 0.4) is 0 Å². The molecule has 0 radical (unpaired) electrons. The van der Waals surface area contributed by atoms with Crippen molar-refractivity contribution in [1.82, 2.24) is 25.1 Å². The van der Waals surface area contributed by atoms with Crippen molar-refractivity contribution < 1.29 is 9.59 Å². The van der Waals surface area contributed by atoms with Gasteiger partial charge in [0, 0.05) is 22.2 Å². The van der Waals surface area contributed by atoms with Crippen molar-refractivity contribution in [3.8, 4) is 5.95 Å². The first-order valence-corrected chi connectivity index (χ1v) is 9.55. The van der Waals surface area contributed by atoms with Gasteiger partial charge >= 0.3 is 11.8 Å². The lowest BCUT2D eigenvalue weighted by Crippen LogP contribution is -2.35. The summed E-state index contributed by atoms with van der Waals surface area (Å²) in [6.45, 7) is 5.62. The van der Waals surface area contributed by atoms with Crippen LogP contribution in [0.5, 0.6) is 0 Å². The Morgan fingerprint density at radius 1 is 1.29 bits per heavy atom. The van der Waals surface area contributed by atoms with Crippen molar-refractivity contribution in [1.29, 1.82) is 0 Å². The summed E-state index contributed by atoms with van der Waals surface area (Å²) in [5.74, 6) is -1.19. The SMILES string of the molecule is CCc1c(C)nc(-n2nc(C)cc2NC(=O)C(=O)NCc2cccs2)[nH]c1=O. The monoisotopic (exact) mass is 400 g/mol. The van der Waals surface area contributed by atoms with Crippen molar-refractivity contribution >= 4 is 29.0 Å². The summed E-state index contributed by atoms with van der Waals surface area (Å²) in [6, 6.07) is 5.33. The molecule has 3 rings (SSSR count). The molecule has 0 fully saturated rings. The van der Waals surface area contributed by atoms with Crippen molar-refractivity contribution in [2.24, 2.45) is 0 Å². The standard InChI is InChI=1S/C18H20N6O3S/c1-4-13-11(3)20-18(22-15(13)25)24-14(8-10(2)23-24)21-17(27)16(26)19-9-12-6-5-7-28-12/h5-8H,4,9H2,1-3H3,(H,19,26)(H,21,27)(H,20,22,25). The largest absolute Gasteiger partial charge is 0.343 e. The number of nitrogens with zero attached hydrogens (tertiary/aromatic N) is 3. The minimum atomic E-state index is -0.832. The minimum absolute atomic E-state index is 0.169. The molecule has 0 aromatic carbocycles. The number of aromatic amines is 1. The van der Waals surface area contributed by atoms with Crippen molar-refractivity contribution in [3.05, 3.63) is 55.8 Å². The molecule has 0 bridgehead atoms. The van der Waals surface area contributed by atoms with Gasteiger partial charge < -0.3 is 10.6 Å². The van der Waals surface area contributed by atoms with Gasteiger partial charge in [-0.15, -0.1) is 11.3 Å². The van der Waals surface area contributed by atoms with Crippen molar-refractivity contribution in [2.45, 2.75) is 33.7 Å². The zero-order valence-corrected chi connectivity index (χ0v) is 16.5. The van der Waals surface area contributed by atoms with Gasteiger partial charge in [-0.05, 0) is 31.7 Å². The summed E-state index contributed by atoms with van der Waals surface area (Å²) in [6.07, 6.45) is 0.556. The van der Waals surface area contributed by atoms with Gasteiger partial charge in [0.15, 0.2) is 0 Å². The normalized spacial score (nSPS) is 10.7. The Labute approximate surface area is 164 Å². The Morgan fingerprint density at radius 2 is 2.07 bits per heavy atom. The quantitative estimate of drug-likeness (QED) is 0.560. The molecule has 146 valence electrons. The van der Waals surface area contributed by atoms with E-state index in [1.54, 1.807) is 19.9 Å². The fourth-order valence-electron chi connectivity index (χ4n) is 2.70. The minimum Gasteiger partial charge on any atom is -0.343 e. The van der Waals surface area contributed by atoms with Crippen LogP contribution in [0, 0.1) is 13.8 Å². The molecule has 28 heavy (non-hydrogen) atoms. The fraction of sp³-hybridized carbons (Fsp3) is 0.278. The lowest BCUT2D eigenvalue weighted by Gasteiger charge is -2.10. The molecule has 3 aromatic heterocycles. The Hall–Kier alpha value is -3.27. The summed E-state index contributed by atoms with van der Waals surface area (Å²) in [5, 5.41) is 11.2. The van der Waals surface area contributed by atoms with Crippen LogP contribution in [-0.4, -0.2) is 31.6 Å².